The Balaban J connectivity index is 1.66. The summed E-state index contributed by atoms with van der Waals surface area (Å²) in [6.07, 6.45) is 0.266. The van der Waals surface area contributed by atoms with Crippen molar-refractivity contribution in [3.63, 3.8) is 0 Å². The number of benzene rings is 1. The van der Waals surface area contributed by atoms with Gasteiger partial charge in [-0.05, 0) is 24.6 Å². The van der Waals surface area contributed by atoms with E-state index >= 15 is 0 Å². The van der Waals surface area contributed by atoms with Crippen LogP contribution >= 0.6 is 0 Å². The Kier molecular flexibility index (Phi) is 6.21. The molecule has 0 aliphatic carbocycles. The van der Waals surface area contributed by atoms with E-state index in [1.54, 1.807) is 11.0 Å². The summed E-state index contributed by atoms with van der Waals surface area (Å²) >= 11 is 0. The minimum Gasteiger partial charge on any atom is -0.379 e. The zero-order valence-corrected chi connectivity index (χ0v) is 15.1. The molecule has 0 aromatic heterocycles. The fraction of sp³-hybridized carbons (Fsp3) is 0.579. The van der Waals surface area contributed by atoms with Crippen LogP contribution in [0.15, 0.2) is 24.3 Å². The highest BCUT2D eigenvalue weighted by molar-refractivity contribution is 5.89. The minimum absolute atomic E-state index is 0.0301. The molecule has 2 aliphatic heterocycles. The maximum atomic E-state index is 13.7. The molecule has 2 fully saturated rings. The molecule has 0 unspecified atom stereocenters. The van der Waals surface area contributed by atoms with Crippen molar-refractivity contribution in [1.82, 2.24) is 15.1 Å². The lowest BCUT2D eigenvalue weighted by Crippen LogP contribution is -2.45. The summed E-state index contributed by atoms with van der Waals surface area (Å²) in [4.78, 5) is 28.3. The van der Waals surface area contributed by atoms with Crippen molar-refractivity contribution in [1.29, 1.82) is 0 Å². The van der Waals surface area contributed by atoms with Gasteiger partial charge in [0.05, 0.1) is 25.2 Å². The van der Waals surface area contributed by atoms with Gasteiger partial charge in [-0.3, -0.25) is 14.5 Å². The molecule has 2 aliphatic rings. The Bertz CT molecular complexity index is 649. The van der Waals surface area contributed by atoms with Crippen molar-refractivity contribution in [3.8, 4) is 0 Å². The molecule has 0 spiro atoms. The quantitative estimate of drug-likeness (QED) is 0.825. The van der Waals surface area contributed by atoms with Gasteiger partial charge in [0.1, 0.15) is 5.82 Å². The van der Waals surface area contributed by atoms with Crippen LogP contribution < -0.4 is 5.32 Å². The average Bonchev–Trinajstić information content (AvgIpc) is 3.04. The highest BCUT2D eigenvalue weighted by Gasteiger charge is 2.34. The number of carbonyl (C=O) groups is 2. The molecule has 0 radical (unpaired) electrons. The number of likely N-dealkylation sites (tertiary alicyclic amines) is 1. The first kappa shape index (κ1) is 18.8. The second kappa shape index (κ2) is 8.60. The normalized spacial score (nSPS) is 22.5. The lowest BCUT2D eigenvalue weighted by atomic mass is 10.0. The Morgan fingerprint density at radius 1 is 1.38 bits per heavy atom. The summed E-state index contributed by atoms with van der Waals surface area (Å²) in [5, 5.41) is 2.98. The smallest absolute Gasteiger partial charge is 0.225 e. The summed E-state index contributed by atoms with van der Waals surface area (Å²) in [7, 11) is 0. The molecule has 142 valence electrons. The predicted octanol–water partition coefficient (Wildman–Crippen LogP) is 1.18. The molecule has 2 atom stereocenters. The van der Waals surface area contributed by atoms with Crippen LogP contribution in [0, 0.1) is 11.7 Å². The number of amides is 2. The third kappa shape index (κ3) is 4.40. The molecule has 0 bridgehead atoms. The van der Waals surface area contributed by atoms with Gasteiger partial charge < -0.3 is 15.0 Å². The van der Waals surface area contributed by atoms with Crippen molar-refractivity contribution in [2.24, 2.45) is 5.92 Å². The second-order valence-electron chi connectivity index (χ2n) is 6.80. The Labute approximate surface area is 153 Å². The summed E-state index contributed by atoms with van der Waals surface area (Å²) in [6, 6.07) is 6.40. The monoisotopic (exact) mass is 363 g/mol. The van der Waals surface area contributed by atoms with E-state index in [1.165, 1.54) is 12.1 Å². The Morgan fingerprint density at radius 2 is 2.15 bits per heavy atom. The molecule has 2 heterocycles. The summed E-state index contributed by atoms with van der Waals surface area (Å²) in [5.74, 6) is -0.668. The molecule has 1 aromatic rings. The molecule has 2 saturated heterocycles. The van der Waals surface area contributed by atoms with Crippen LogP contribution in [0.1, 0.15) is 24.9 Å². The second-order valence-corrected chi connectivity index (χ2v) is 6.80. The topological polar surface area (TPSA) is 61.9 Å². The van der Waals surface area contributed by atoms with Gasteiger partial charge in [0.2, 0.25) is 11.8 Å². The van der Waals surface area contributed by atoms with Crippen LogP contribution in [0.25, 0.3) is 0 Å². The highest BCUT2D eigenvalue weighted by Crippen LogP contribution is 2.23. The maximum Gasteiger partial charge on any atom is 0.225 e. The number of morpholine rings is 1. The van der Waals surface area contributed by atoms with Crippen LogP contribution in [0.2, 0.25) is 0 Å². The first-order valence-corrected chi connectivity index (χ1v) is 9.21. The zero-order chi connectivity index (χ0) is 18.5. The standard InChI is InChI=1S/C19H26FN3O3/c1-2-22-13-15(11-18(22)24)19(25)21-12-17(23-6-8-26-9-7-23)14-4-3-5-16(20)10-14/h3-5,10,15,17H,2,6-9,11-13H2,1H3,(H,21,25)/t15-,17+/m1/s1. The third-order valence-corrected chi connectivity index (χ3v) is 5.16. The van der Waals surface area contributed by atoms with Crippen molar-refractivity contribution < 1.29 is 18.7 Å². The van der Waals surface area contributed by atoms with Gasteiger partial charge in [-0.1, -0.05) is 12.1 Å². The van der Waals surface area contributed by atoms with Crippen molar-refractivity contribution in [2.75, 3.05) is 45.9 Å². The van der Waals surface area contributed by atoms with Gasteiger partial charge in [0.25, 0.3) is 0 Å². The number of carbonyl (C=O) groups excluding carboxylic acids is 2. The number of hydrogen-bond acceptors (Lipinski definition) is 4. The van der Waals surface area contributed by atoms with Crippen LogP contribution in [0.4, 0.5) is 4.39 Å². The average molecular weight is 363 g/mol. The molecular formula is C19H26FN3O3. The molecule has 0 saturated carbocycles. The molecule has 2 amide bonds. The fourth-order valence-electron chi connectivity index (χ4n) is 3.66. The van der Waals surface area contributed by atoms with E-state index < -0.39 is 0 Å². The maximum absolute atomic E-state index is 13.7. The number of hydrogen-bond donors (Lipinski definition) is 1. The summed E-state index contributed by atoms with van der Waals surface area (Å²) in [5.41, 5.74) is 0.838. The number of ether oxygens (including phenoxy) is 1. The van der Waals surface area contributed by atoms with E-state index in [9.17, 15) is 14.0 Å². The van der Waals surface area contributed by atoms with Crippen molar-refractivity contribution >= 4 is 11.8 Å². The van der Waals surface area contributed by atoms with Crippen LogP contribution in [0.3, 0.4) is 0 Å². The minimum atomic E-state index is -0.305. The van der Waals surface area contributed by atoms with Crippen LogP contribution in [-0.2, 0) is 14.3 Å². The van der Waals surface area contributed by atoms with E-state index in [0.717, 1.165) is 18.7 Å². The highest BCUT2D eigenvalue weighted by atomic mass is 19.1. The van der Waals surface area contributed by atoms with Crippen molar-refractivity contribution in [2.45, 2.75) is 19.4 Å². The fourth-order valence-corrected chi connectivity index (χ4v) is 3.66. The largest absolute Gasteiger partial charge is 0.379 e. The first-order chi connectivity index (χ1) is 12.6. The van der Waals surface area contributed by atoms with Gasteiger partial charge in [-0.15, -0.1) is 0 Å². The van der Waals surface area contributed by atoms with E-state index in [0.29, 0.717) is 32.8 Å². The SMILES string of the molecule is CCN1C[C@H](C(=O)NC[C@@H](c2cccc(F)c2)N2CCOCC2)CC1=O. The number of halogens is 1. The number of rotatable bonds is 6. The molecule has 7 heteroatoms. The number of nitrogens with one attached hydrogen (secondary N) is 1. The van der Waals surface area contributed by atoms with Gasteiger partial charge in [0, 0.05) is 39.1 Å². The van der Waals surface area contributed by atoms with Gasteiger partial charge >= 0.3 is 0 Å². The Hall–Kier alpha value is -1.99. The summed E-state index contributed by atoms with van der Waals surface area (Å²) < 4.78 is 19.1. The van der Waals surface area contributed by atoms with E-state index in [4.69, 9.17) is 4.74 Å². The molecule has 3 rings (SSSR count). The molecule has 1 aromatic carbocycles. The van der Waals surface area contributed by atoms with E-state index in [1.807, 2.05) is 13.0 Å². The predicted molar refractivity (Wildman–Crippen MR) is 94.9 cm³/mol. The van der Waals surface area contributed by atoms with Gasteiger partial charge in [-0.2, -0.15) is 0 Å². The molecule has 1 N–H and O–H groups in total. The third-order valence-electron chi connectivity index (χ3n) is 5.16. The Morgan fingerprint density at radius 3 is 2.81 bits per heavy atom. The lowest BCUT2D eigenvalue weighted by molar-refractivity contribution is -0.129. The van der Waals surface area contributed by atoms with Gasteiger partial charge in [0.15, 0.2) is 0 Å². The van der Waals surface area contributed by atoms with E-state index in [-0.39, 0.29) is 36.0 Å². The van der Waals surface area contributed by atoms with Gasteiger partial charge in [-0.25, -0.2) is 4.39 Å². The summed E-state index contributed by atoms with van der Waals surface area (Å²) in [6.45, 7) is 6.14. The number of nitrogens with zero attached hydrogens (tertiary/aromatic N) is 2. The zero-order valence-electron chi connectivity index (χ0n) is 15.1. The lowest BCUT2D eigenvalue weighted by Gasteiger charge is -2.35. The molecule has 26 heavy (non-hydrogen) atoms. The van der Waals surface area contributed by atoms with Crippen LogP contribution in [0.5, 0.6) is 0 Å². The van der Waals surface area contributed by atoms with E-state index in [2.05, 4.69) is 10.2 Å². The molecule has 6 nitrogen and oxygen atoms in total. The van der Waals surface area contributed by atoms with Crippen molar-refractivity contribution in [3.05, 3.63) is 35.6 Å². The van der Waals surface area contributed by atoms with Crippen LogP contribution in [-0.4, -0.2) is 67.6 Å². The first-order valence-electron chi connectivity index (χ1n) is 9.21. The molecular weight excluding hydrogens is 337 g/mol.